The Bertz CT molecular complexity index is 949. The molecular weight excluding hydrogens is 320 g/mol. The molecule has 0 atom stereocenters. The van der Waals surface area contributed by atoms with Crippen molar-refractivity contribution in [1.29, 1.82) is 0 Å². The Morgan fingerprint density at radius 2 is 1.73 bits per heavy atom. The van der Waals surface area contributed by atoms with E-state index in [0.717, 1.165) is 36.7 Å². The van der Waals surface area contributed by atoms with E-state index in [0.29, 0.717) is 5.95 Å². The fourth-order valence-corrected chi connectivity index (χ4v) is 3.47. The number of benzene rings is 2. The molecule has 26 heavy (non-hydrogen) atoms. The number of nitrogens with one attached hydrogen (secondary N) is 1. The summed E-state index contributed by atoms with van der Waals surface area (Å²) in [5.41, 5.74) is 7.36. The van der Waals surface area contributed by atoms with Gasteiger partial charge in [0.15, 0.2) is 0 Å². The molecule has 2 heterocycles. The molecule has 0 amide bonds. The first-order chi connectivity index (χ1) is 12.6. The smallest absolute Gasteiger partial charge is 0.229 e. The Morgan fingerprint density at radius 1 is 0.923 bits per heavy atom. The first-order valence-electron chi connectivity index (χ1n) is 9.11. The van der Waals surface area contributed by atoms with Gasteiger partial charge in [-0.05, 0) is 55.5 Å². The lowest BCUT2D eigenvalue weighted by Gasteiger charge is -2.30. The van der Waals surface area contributed by atoms with Gasteiger partial charge in [-0.2, -0.15) is 4.98 Å². The van der Waals surface area contributed by atoms with Crippen LogP contribution in [0.25, 0.3) is 0 Å². The molecule has 0 bridgehead atoms. The molecule has 0 aliphatic carbocycles. The van der Waals surface area contributed by atoms with Crippen LogP contribution in [0.2, 0.25) is 0 Å². The number of aryl methyl sites for hydroxylation is 2. The monoisotopic (exact) mass is 344 g/mol. The molecule has 1 N–H and O–H groups in total. The minimum Gasteiger partial charge on any atom is -0.352 e. The SMILES string of the molecule is Cc1cc(N2CCc3ccccc3C2)nc(Nc2cccc(C)c2C)n1. The molecule has 2 aromatic carbocycles. The molecule has 132 valence electrons. The largest absolute Gasteiger partial charge is 0.352 e. The molecule has 1 aliphatic heterocycles. The fourth-order valence-electron chi connectivity index (χ4n) is 3.47. The number of rotatable bonds is 3. The van der Waals surface area contributed by atoms with Crippen molar-refractivity contribution in [3.05, 3.63) is 76.5 Å². The van der Waals surface area contributed by atoms with Crippen LogP contribution in [0.15, 0.2) is 48.5 Å². The van der Waals surface area contributed by atoms with Gasteiger partial charge in [0, 0.05) is 30.5 Å². The molecule has 1 aliphatic rings. The summed E-state index contributed by atoms with van der Waals surface area (Å²) in [6.45, 7) is 8.15. The minimum atomic E-state index is 0.660. The second-order valence-electron chi connectivity index (χ2n) is 7.00. The highest BCUT2D eigenvalue weighted by molar-refractivity contribution is 5.61. The van der Waals surface area contributed by atoms with Crippen molar-refractivity contribution < 1.29 is 0 Å². The van der Waals surface area contributed by atoms with Gasteiger partial charge in [-0.1, -0.05) is 36.4 Å². The van der Waals surface area contributed by atoms with Crippen LogP contribution in [0, 0.1) is 20.8 Å². The van der Waals surface area contributed by atoms with Crippen molar-refractivity contribution >= 4 is 17.5 Å². The second-order valence-corrected chi connectivity index (χ2v) is 7.00. The van der Waals surface area contributed by atoms with Crippen molar-refractivity contribution in [3.8, 4) is 0 Å². The highest BCUT2D eigenvalue weighted by Gasteiger charge is 2.18. The van der Waals surface area contributed by atoms with Gasteiger partial charge in [0.2, 0.25) is 5.95 Å². The van der Waals surface area contributed by atoms with Gasteiger partial charge in [0.05, 0.1) is 0 Å². The summed E-state index contributed by atoms with van der Waals surface area (Å²) >= 11 is 0. The summed E-state index contributed by atoms with van der Waals surface area (Å²) in [7, 11) is 0. The Hall–Kier alpha value is -2.88. The lowest BCUT2D eigenvalue weighted by molar-refractivity contribution is 0.719. The van der Waals surface area contributed by atoms with E-state index in [1.807, 2.05) is 6.92 Å². The number of nitrogens with zero attached hydrogens (tertiary/aromatic N) is 3. The van der Waals surface area contributed by atoms with Crippen LogP contribution in [0.1, 0.15) is 27.9 Å². The molecule has 3 aromatic rings. The van der Waals surface area contributed by atoms with Crippen LogP contribution in [0.4, 0.5) is 17.5 Å². The first kappa shape index (κ1) is 16.6. The Morgan fingerprint density at radius 3 is 2.58 bits per heavy atom. The molecule has 4 nitrogen and oxygen atoms in total. The maximum absolute atomic E-state index is 4.80. The van der Waals surface area contributed by atoms with Crippen LogP contribution < -0.4 is 10.2 Å². The fraction of sp³-hybridized carbons (Fsp3) is 0.273. The Kier molecular flexibility index (Phi) is 4.33. The summed E-state index contributed by atoms with van der Waals surface area (Å²) < 4.78 is 0. The molecule has 0 radical (unpaired) electrons. The molecule has 1 aromatic heterocycles. The maximum Gasteiger partial charge on any atom is 0.229 e. The highest BCUT2D eigenvalue weighted by atomic mass is 15.2. The van der Waals surface area contributed by atoms with Crippen LogP contribution in [0.3, 0.4) is 0 Å². The van der Waals surface area contributed by atoms with Crippen LogP contribution in [0.5, 0.6) is 0 Å². The average molecular weight is 344 g/mol. The zero-order chi connectivity index (χ0) is 18.1. The minimum absolute atomic E-state index is 0.660. The van der Waals surface area contributed by atoms with E-state index in [2.05, 4.69) is 77.6 Å². The van der Waals surface area contributed by atoms with Gasteiger partial charge in [-0.15, -0.1) is 0 Å². The highest BCUT2D eigenvalue weighted by Crippen LogP contribution is 2.26. The van der Waals surface area contributed by atoms with E-state index in [1.54, 1.807) is 0 Å². The zero-order valence-electron chi connectivity index (χ0n) is 15.6. The number of aromatic nitrogens is 2. The summed E-state index contributed by atoms with van der Waals surface area (Å²) in [6.07, 6.45) is 1.05. The molecule has 0 unspecified atom stereocenters. The molecule has 0 saturated carbocycles. The van der Waals surface area contributed by atoms with Gasteiger partial charge in [-0.3, -0.25) is 0 Å². The van der Waals surface area contributed by atoms with E-state index >= 15 is 0 Å². The number of hydrogen-bond donors (Lipinski definition) is 1. The predicted molar refractivity (Wildman–Crippen MR) is 107 cm³/mol. The maximum atomic E-state index is 4.80. The van der Waals surface area contributed by atoms with Crippen molar-refractivity contribution in [2.24, 2.45) is 0 Å². The number of fused-ring (bicyclic) bond motifs is 1. The van der Waals surface area contributed by atoms with Gasteiger partial charge in [0.1, 0.15) is 5.82 Å². The zero-order valence-corrected chi connectivity index (χ0v) is 15.6. The van der Waals surface area contributed by atoms with Gasteiger partial charge < -0.3 is 10.2 Å². The molecular formula is C22H24N4. The van der Waals surface area contributed by atoms with Crippen molar-refractivity contribution in [2.75, 3.05) is 16.8 Å². The van der Waals surface area contributed by atoms with Crippen molar-refractivity contribution in [1.82, 2.24) is 9.97 Å². The number of anilines is 3. The van der Waals surface area contributed by atoms with E-state index in [1.165, 1.54) is 22.3 Å². The van der Waals surface area contributed by atoms with Crippen LogP contribution in [-0.2, 0) is 13.0 Å². The third-order valence-electron chi connectivity index (χ3n) is 5.15. The molecule has 4 heteroatoms. The third kappa shape index (κ3) is 3.27. The summed E-state index contributed by atoms with van der Waals surface area (Å²) in [5, 5.41) is 3.40. The van der Waals surface area contributed by atoms with E-state index in [-0.39, 0.29) is 0 Å². The second kappa shape index (κ2) is 6.79. The van der Waals surface area contributed by atoms with E-state index < -0.39 is 0 Å². The molecule has 0 fully saturated rings. The topological polar surface area (TPSA) is 41.1 Å². The standard InChI is InChI=1S/C22H24N4/c1-15-7-6-10-20(17(15)3)24-22-23-16(2)13-21(25-22)26-12-11-18-8-4-5-9-19(18)14-26/h4-10,13H,11-12,14H2,1-3H3,(H,23,24,25). The van der Waals surface area contributed by atoms with Crippen LogP contribution in [-0.4, -0.2) is 16.5 Å². The molecule has 0 spiro atoms. The average Bonchev–Trinajstić information content (AvgIpc) is 2.65. The predicted octanol–water partition coefficient (Wildman–Crippen LogP) is 4.71. The summed E-state index contributed by atoms with van der Waals surface area (Å²) in [6, 6.07) is 17.0. The first-order valence-corrected chi connectivity index (χ1v) is 9.11. The summed E-state index contributed by atoms with van der Waals surface area (Å²) in [4.78, 5) is 11.7. The molecule has 0 saturated heterocycles. The lowest BCUT2D eigenvalue weighted by Crippen LogP contribution is -2.31. The normalized spacial score (nSPS) is 13.4. The van der Waals surface area contributed by atoms with Gasteiger partial charge in [-0.25, -0.2) is 4.98 Å². The van der Waals surface area contributed by atoms with Crippen LogP contribution >= 0.6 is 0 Å². The Balaban J connectivity index is 1.62. The van der Waals surface area contributed by atoms with Gasteiger partial charge in [0.25, 0.3) is 0 Å². The molecule has 4 rings (SSSR count). The van der Waals surface area contributed by atoms with Gasteiger partial charge >= 0.3 is 0 Å². The van der Waals surface area contributed by atoms with Crippen molar-refractivity contribution in [3.63, 3.8) is 0 Å². The number of hydrogen-bond acceptors (Lipinski definition) is 4. The van der Waals surface area contributed by atoms with Crippen molar-refractivity contribution in [2.45, 2.75) is 33.7 Å². The quantitative estimate of drug-likeness (QED) is 0.747. The Labute approximate surface area is 154 Å². The van der Waals surface area contributed by atoms with E-state index in [9.17, 15) is 0 Å². The van der Waals surface area contributed by atoms with E-state index in [4.69, 9.17) is 4.98 Å². The third-order valence-corrected chi connectivity index (χ3v) is 5.15. The lowest BCUT2D eigenvalue weighted by atomic mass is 10.00. The summed E-state index contributed by atoms with van der Waals surface area (Å²) in [5.74, 6) is 1.65.